The van der Waals surface area contributed by atoms with Crippen LogP contribution in [0.15, 0.2) is 11.6 Å². The van der Waals surface area contributed by atoms with E-state index in [4.69, 9.17) is 0 Å². The first-order chi connectivity index (χ1) is 15.3. The molecule has 184 valence electrons. The van der Waals surface area contributed by atoms with E-state index >= 15 is 0 Å². The molecule has 0 radical (unpaired) electrons. The third kappa shape index (κ3) is 4.64. The molecular weight excluding hydrogens is 384 g/mol. The van der Waals surface area contributed by atoms with Crippen molar-refractivity contribution in [1.29, 1.82) is 0 Å². The molecule has 0 aromatic carbocycles. The summed E-state index contributed by atoms with van der Waals surface area (Å²) in [4.78, 5) is 0. The summed E-state index contributed by atoms with van der Waals surface area (Å²) in [6.07, 6.45) is 24.9. The van der Waals surface area contributed by atoms with Gasteiger partial charge in [0.1, 0.15) is 0 Å². The minimum atomic E-state index is 0.548. The van der Waals surface area contributed by atoms with Crippen molar-refractivity contribution in [3.05, 3.63) is 11.6 Å². The summed E-state index contributed by atoms with van der Waals surface area (Å²) in [5, 5.41) is 0. The van der Waals surface area contributed by atoms with Crippen molar-refractivity contribution in [3.8, 4) is 0 Å². The lowest BCUT2D eigenvalue weighted by molar-refractivity contribution is -0.0529. The van der Waals surface area contributed by atoms with Crippen molar-refractivity contribution >= 4 is 0 Å². The molecule has 0 saturated heterocycles. The van der Waals surface area contributed by atoms with Gasteiger partial charge in [0.05, 0.1) is 0 Å². The summed E-state index contributed by atoms with van der Waals surface area (Å²) in [5.74, 6) is 6.79. The Morgan fingerprint density at radius 2 is 1.72 bits per heavy atom. The molecule has 0 bridgehead atoms. The average molecular weight is 441 g/mol. The number of unbranched alkanes of at least 4 members (excludes halogenated alkanes) is 2. The van der Waals surface area contributed by atoms with Gasteiger partial charge in [-0.25, -0.2) is 0 Å². The van der Waals surface area contributed by atoms with Gasteiger partial charge in [0.15, 0.2) is 0 Å². The summed E-state index contributed by atoms with van der Waals surface area (Å²) in [6.45, 7) is 15.2. The monoisotopic (exact) mass is 440 g/mol. The quantitative estimate of drug-likeness (QED) is 0.247. The molecule has 0 nitrogen and oxygen atoms in total. The standard InChI is InChI=1S/C32H56/c1-7-8-9-13-25-18-20-31(5)26(22-25)14-15-27-29-17-16-28(24(4)12-10-11-23(2)3)32(29,6)21-19-30(27)31/h14,23-25,27-30H,7-13,15-22H2,1-6H3/t24-,25?,27?,28-,29?,30?,31+,32-/m1/s1. The zero-order valence-electron chi connectivity index (χ0n) is 22.7. The molecule has 0 aliphatic heterocycles. The Labute approximate surface area is 201 Å². The van der Waals surface area contributed by atoms with E-state index in [1.807, 2.05) is 5.57 Å². The van der Waals surface area contributed by atoms with Gasteiger partial charge in [0, 0.05) is 0 Å². The minimum Gasteiger partial charge on any atom is -0.0845 e. The predicted molar refractivity (Wildman–Crippen MR) is 141 cm³/mol. The van der Waals surface area contributed by atoms with Gasteiger partial charge in [-0.1, -0.05) is 98.1 Å². The lowest BCUT2D eigenvalue weighted by Gasteiger charge is -2.58. The van der Waals surface area contributed by atoms with Crippen LogP contribution < -0.4 is 0 Å². The van der Waals surface area contributed by atoms with Gasteiger partial charge in [-0.15, -0.1) is 0 Å². The van der Waals surface area contributed by atoms with Gasteiger partial charge in [-0.2, -0.15) is 0 Å². The highest BCUT2D eigenvalue weighted by Gasteiger charge is 2.59. The second-order valence-electron chi connectivity index (χ2n) is 13.9. The Morgan fingerprint density at radius 1 is 0.906 bits per heavy atom. The fraction of sp³-hybridized carbons (Fsp3) is 0.938. The minimum absolute atomic E-state index is 0.548. The molecule has 32 heavy (non-hydrogen) atoms. The van der Waals surface area contributed by atoms with E-state index in [1.54, 1.807) is 0 Å². The number of hydrogen-bond donors (Lipinski definition) is 0. The van der Waals surface area contributed by atoms with E-state index in [0.717, 1.165) is 41.4 Å². The van der Waals surface area contributed by atoms with Gasteiger partial charge >= 0.3 is 0 Å². The smallest absolute Gasteiger partial charge is 0.00851 e. The number of fused-ring (bicyclic) bond motifs is 5. The fourth-order valence-electron chi connectivity index (χ4n) is 9.69. The maximum atomic E-state index is 2.80. The molecule has 0 amide bonds. The molecule has 4 aliphatic rings. The van der Waals surface area contributed by atoms with Gasteiger partial charge in [-0.3, -0.25) is 0 Å². The number of hydrogen-bond acceptors (Lipinski definition) is 0. The molecule has 4 unspecified atom stereocenters. The first-order valence-corrected chi connectivity index (χ1v) is 15.0. The molecular formula is C32H56. The highest BCUT2D eigenvalue weighted by atomic mass is 14.6. The van der Waals surface area contributed by atoms with Crippen LogP contribution in [0.1, 0.15) is 138 Å². The van der Waals surface area contributed by atoms with Crippen LogP contribution in [0, 0.1) is 52.3 Å². The van der Waals surface area contributed by atoms with E-state index in [-0.39, 0.29) is 0 Å². The van der Waals surface area contributed by atoms with Crippen LogP contribution in [0.5, 0.6) is 0 Å². The summed E-state index contributed by atoms with van der Waals surface area (Å²) >= 11 is 0. The van der Waals surface area contributed by atoms with E-state index in [9.17, 15) is 0 Å². The van der Waals surface area contributed by atoms with E-state index in [0.29, 0.717) is 10.8 Å². The van der Waals surface area contributed by atoms with Gasteiger partial charge < -0.3 is 0 Å². The average Bonchev–Trinajstić information content (AvgIpc) is 3.11. The fourth-order valence-corrected chi connectivity index (χ4v) is 9.69. The number of allylic oxidation sites excluding steroid dienone is 2. The molecule has 0 aromatic heterocycles. The Balaban J connectivity index is 1.42. The summed E-state index contributed by atoms with van der Waals surface area (Å²) in [6, 6.07) is 0. The molecule has 0 aromatic rings. The van der Waals surface area contributed by atoms with Crippen LogP contribution in [-0.2, 0) is 0 Å². The molecule has 4 aliphatic carbocycles. The van der Waals surface area contributed by atoms with Crippen molar-refractivity contribution < 1.29 is 0 Å². The summed E-state index contributed by atoms with van der Waals surface area (Å²) < 4.78 is 0. The molecule has 0 heteroatoms. The third-order valence-electron chi connectivity index (χ3n) is 11.6. The lowest BCUT2D eigenvalue weighted by Crippen LogP contribution is -2.50. The van der Waals surface area contributed by atoms with Gasteiger partial charge in [0.25, 0.3) is 0 Å². The molecule has 0 N–H and O–H groups in total. The Morgan fingerprint density at radius 3 is 2.47 bits per heavy atom. The topological polar surface area (TPSA) is 0 Å². The first-order valence-electron chi connectivity index (χ1n) is 15.0. The predicted octanol–water partition coefficient (Wildman–Crippen LogP) is 10.2. The SMILES string of the molecule is CCCCCC1CC[C@@]2(C)C(=CCC3C2CC[C@@]2(C)C3CC[C@@H]2[C@H](C)CCCC(C)C)C1. The molecule has 3 saturated carbocycles. The second kappa shape index (κ2) is 10.2. The van der Waals surface area contributed by atoms with Crippen LogP contribution in [-0.4, -0.2) is 0 Å². The van der Waals surface area contributed by atoms with Gasteiger partial charge in [-0.05, 0) is 104 Å². The molecule has 3 fully saturated rings. The van der Waals surface area contributed by atoms with Gasteiger partial charge in [0.2, 0.25) is 0 Å². The van der Waals surface area contributed by atoms with E-state index < -0.39 is 0 Å². The second-order valence-corrected chi connectivity index (χ2v) is 13.9. The van der Waals surface area contributed by atoms with Crippen molar-refractivity contribution in [2.75, 3.05) is 0 Å². The molecule has 4 rings (SSSR count). The van der Waals surface area contributed by atoms with E-state index in [2.05, 4.69) is 47.6 Å². The number of rotatable bonds is 9. The first kappa shape index (κ1) is 24.9. The highest BCUT2D eigenvalue weighted by Crippen LogP contribution is 2.67. The van der Waals surface area contributed by atoms with Crippen LogP contribution >= 0.6 is 0 Å². The molecule has 8 atom stereocenters. The highest BCUT2D eigenvalue weighted by molar-refractivity contribution is 5.25. The summed E-state index contributed by atoms with van der Waals surface area (Å²) in [7, 11) is 0. The Kier molecular flexibility index (Phi) is 7.89. The maximum Gasteiger partial charge on any atom is -0.00851 e. The van der Waals surface area contributed by atoms with Crippen molar-refractivity contribution in [3.63, 3.8) is 0 Å². The largest absolute Gasteiger partial charge is 0.0845 e. The van der Waals surface area contributed by atoms with Crippen LogP contribution in [0.4, 0.5) is 0 Å². The van der Waals surface area contributed by atoms with Crippen molar-refractivity contribution in [1.82, 2.24) is 0 Å². The Bertz CT molecular complexity index is 642. The van der Waals surface area contributed by atoms with Crippen LogP contribution in [0.25, 0.3) is 0 Å². The Hall–Kier alpha value is -0.260. The molecule has 0 heterocycles. The third-order valence-corrected chi connectivity index (χ3v) is 11.6. The summed E-state index contributed by atoms with van der Waals surface area (Å²) in [5.41, 5.74) is 3.09. The zero-order chi connectivity index (χ0) is 22.9. The van der Waals surface area contributed by atoms with Crippen LogP contribution in [0.3, 0.4) is 0 Å². The van der Waals surface area contributed by atoms with Crippen molar-refractivity contribution in [2.24, 2.45) is 52.3 Å². The van der Waals surface area contributed by atoms with Crippen molar-refractivity contribution in [2.45, 2.75) is 138 Å². The normalized spacial score (nSPS) is 42.2. The van der Waals surface area contributed by atoms with E-state index in [1.165, 1.54) is 96.3 Å². The maximum absolute atomic E-state index is 2.80. The lowest BCUT2D eigenvalue weighted by atomic mass is 9.46. The molecule has 0 spiro atoms. The van der Waals surface area contributed by atoms with Crippen LogP contribution in [0.2, 0.25) is 0 Å². The zero-order valence-corrected chi connectivity index (χ0v) is 22.7.